The molecule has 9 heteroatoms. The monoisotopic (exact) mass is 359 g/mol. The van der Waals surface area contributed by atoms with Crippen LogP contribution < -0.4 is 16.4 Å². The van der Waals surface area contributed by atoms with Crippen molar-refractivity contribution in [2.45, 2.75) is 33.0 Å². The van der Waals surface area contributed by atoms with Crippen molar-refractivity contribution in [2.75, 3.05) is 22.9 Å². The molecule has 0 saturated heterocycles. The highest BCUT2D eigenvalue weighted by Crippen LogP contribution is 2.22. The number of imidazole rings is 1. The Hall–Kier alpha value is -2.94. The molecule has 3 rings (SSSR count). The summed E-state index contributed by atoms with van der Waals surface area (Å²) in [5.74, 6) is 0.542. The molecule has 3 aromatic rings. The van der Waals surface area contributed by atoms with Crippen LogP contribution in [0.3, 0.4) is 0 Å². The second kappa shape index (κ2) is 7.52. The fraction of sp³-hybridized carbons (Fsp3) is 0.353. The first-order chi connectivity index (χ1) is 12.5. The summed E-state index contributed by atoms with van der Waals surface area (Å²) in [6.07, 6.45) is 1.16. The molecule has 0 bridgehead atoms. The molecule has 1 aromatic carbocycles. The average molecular weight is 359 g/mol. The fourth-order valence-corrected chi connectivity index (χ4v) is 2.52. The van der Waals surface area contributed by atoms with E-state index in [1.165, 1.54) is 18.2 Å². The lowest BCUT2D eigenvalue weighted by Crippen LogP contribution is -2.17. The van der Waals surface area contributed by atoms with Crippen LogP contribution in [0.5, 0.6) is 0 Å². The van der Waals surface area contributed by atoms with Crippen molar-refractivity contribution in [1.82, 2.24) is 19.5 Å². The van der Waals surface area contributed by atoms with Gasteiger partial charge in [-0.05, 0) is 37.6 Å². The van der Waals surface area contributed by atoms with Crippen molar-refractivity contribution < 1.29 is 9.50 Å². The third kappa shape index (κ3) is 3.83. The van der Waals surface area contributed by atoms with Gasteiger partial charge >= 0.3 is 0 Å². The molecule has 26 heavy (non-hydrogen) atoms. The van der Waals surface area contributed by atoms with E-state index in [4.69, 9.17) is 5.73 Å². The minimum absolute atomic E-state index is 0.296. The third-order valence-electron chi connectivity index (χ3n) is 3.91. The predicted molar refractivity (Wildman–Crippen MR) is 99.3 cm³/mol. The Morgan fingerprint density at radius 2 is 2.12 bits per heavy atom. The van der Waals surface area contributed by atoms with E-state index in [1.807, 2.05) is 11.5 Å². The molecule has 0 fully saturated rings. The number of aliphatic hydroxyl groups excluding tert-OH is 1. The number of hydrogen-bond donors (Lipinski definition) is 4. The van der Waals surface area contributed by atoms with Crippen LogP contribution in [-0.2, 0) is 13.1 Å². The summed E-state index contributed by atoms with van der Waals surface area (Å²) in [6.45, 7) is 4.99. The zero-order valence-electron chi connectivity index (χ0n) is 14.7. The fourth-order valence-electron chi connectivity index (χ4n) is 2.52. The van der Waals surface area contributed by atoms with Gasteiger partial charge in [0, 0.05) is 25.3 Å². The van der Waals surface area contributed by atoms with Gasteiger partial charge < -0.3 is 26.0 Å². The lowest BCUT2D eigenvalue weighted by molar-refractivity contribution is 0.208. The van der Waals surface area contributed by atoms with Gasteiger partial charge in [0.05, 0.1) is 12.4 Å². The molecule has 0 aliphatic rings. The number of halogens is 1. The molecule has 1 atom stereocenters. The number of hydrogen-bond acceptors (Lipinski definition) is 7. The number of nitrogens with one attached hydrogen (secondary N) is 2. The highest BCUT2D eigenvalue weighted by Gasteiger charge is 2.13. The maximum absolute atomic E-state index is 13.5. The lowest BCUT2D eigenvalue weighted by atomic mass is 10.2. The minimum atomic E-state index is -0.533. The van der Waals surface area contributed by atoms with Crippen molar-refractivity contribution >= 4 is 28.6 Å². The number of aromatic nitrogens is 4. The standard InChI is InChI=1S/C17H22FN7O/c1-3-25-9-22-14-15(20-8-11-6-12(18)4-5-13(11)19)23-17(24-16(14)25)21-7-10(2)26/h4-6,9-10,26H,3,7-8,19H2,1-2H3,(H2,20,21,23,24). The number of nitrogen functional groups attached to an aromatic ring is 1. The SMILES string of the molecule is CCn1cnc2c(NCc3cc(F)ccc3N)nc(NCC(C)O)nc21. The Bertz CT molecular complexity index is 910. The first-order valence-electron chi connectivity index (χ1n) is 8.40. The zero-order valence-corrected chi connectivity index (χ0v) is 14.7. The number of aryl methyl sites for hydroxylation is 1. The van der Waals surface area contributed by atoms with Gasteiger partial charge in [0.2, 0.25) is 5.95 Å². The summed E-state index contributed by atoms with van der Waals surface area (Å²) in [7, 11) is 0. The Labute approximate surface area is 150 Å². The Kier molecular flexibility index (Phi) is 5.17. The maximum atomic E-state index is 13.5. The smallest absolute Gasteiger partial charge is 0.226 e. The number of anilines is 3. The van der Waals surface area contributed by atoms with Crippen LogP contribution in [0.1, 0.15) is 19.4 Å². The van der Waals surface area contributed by atoms with E-state index in [2.05, 4.69) is 25.6 Å². The van der Waals surface area contributed by atoms with Crippen LogP contribution in [0.4, 0.5) is 21.8 Å². The number of nitrogens with zero attached hydrogens (tertiary/aromatic N) is 4. The van der Waals surface area contributed by atoms with Gasteiger partial charge in [-0.25, -0.2) is 9.37 Å². The molecule has 0 aliphatic carbocycles. The minimum Gasteiger partial charge on any atom is -0.398 e. The number of fused-ring (bicyclic) bond motifs is 1. The molecular weight excluding hydrogens is 337 g/mol. The van der Waals surface area contributed by atoms with Crippen LogP contribution in [0.2, 0.25) is 0 Å². The molecule has 138 valence electrons. The van der Waals surface area contributed by atoms with Gasteiger partial charge in [-0.2, -0.15) is 9.97 Å². The van der Waals surface area contributed by atoms with Gasteiger partial charge in [0.25, 0.3) is 0 Å². The van der Waals surface area contributed by atoms with Crippen LogP contribution >= 0.6 is 0 Å². The first kappa shape index (κ1) is 17.9. The van der Waals surface area contributed by atoms with E-state index in [9.17, 15) is 9.50 Å². The summed E-state index contributed by atoms with van der Waals surface area (Å²) in [6, 6.07) is 4.24. The first-order valence-corrected chi connectivity index (χ1v) is 8.40. The second-order valence-electron chi connectivity index (χ2n) is 6.03. The molecule has 0 radical (unpaired) electrons. The van der Waals surface area contributed by atoms with E-state index in [0.29, 0.717) is 53.8 Å². The summed E-state index contributed by atoms with van der Waals surface area (Å²) in [4.78, 5) is 13.3. The summed E-state index contributed by atoms with van der Waals surface area (Å²) in [5.41, 5.74) is 8.32. The van der Waals surface area contributed by atoms with E-state index in [1.54, 1.807) is 13.3 Å². The molecule has 0 aliphatic heterocycles. The number of rotatable bonds is 7. The molecular formula is C17H22FN7O. The van der Waals surface area contributed by atoms with E-state index < -0.39 is 6.10 Å². The molecule has 8 nitrogen and oxygen atoms in total. The summed E-state index contributed by atoms with van der Waals surface area (Å²) < 4.78 is 15.4. The largest absolute Gasteiger partial charge is 0.398 e. The quantitative estimate of drug-likeness (QED) is 0.477. The van der Waals surface area contributed by atoms with Gasteiger partial charge in [0.15, 0.2) is 17.0 Å². The Morgan fingerprint density at radius 3 is 2.85 bits per heavy atom. The van der Waals surface area contributed by atoms with Gasteiger partial charge in [-0.1, -0.05) is 0 Å². The topological polar surface area (TPSA) is 114 Å². The molecule has 5 N–H and O–H groups in total. The van der Waals surface area contributed by atoms with Crippen LogP contribution in [0.15, 0.2) is 24.5 Å². The third-order valence-corrected chi connectivity index (χ3v) is 3.91. The average Bonchev–Trinajstić information content (AvgIpc) is 3.03. The predicted octanol–water partition coefficient (Wildman–Crippen LogP) is 1.97. The van der Waals surface area contributed by atoms with Crippen LogP contribution in [0.25, 0.3) is 11.2 Å². The normalized spacial score (nSPS) is 12.3. The zero-order chi connectivity index (χ0) is 18.7. The Balaban J connectivity index is 1.92. The van der Waals surface area contributed by atoms with E-state index in [0.717, 1.165) is 0 Å². The van der Waals surface area contributed by atoms with Crippen LogP contribution in [-0.4, -0.2) is 37.3 Å². The molecule has 2 heterocycles. The van der Waals surface area contributed by atoms with Crippen LogP contribution in [0, 0.1) is 5.82 Å². The van der Waals surface area contributed by atoms with Gasteiger partial charge in [-0.15, -0.1) is 0 Å². The van der Waals surface area contributed by atoms with E-state index >= 15 is 0 Å². The van der Waals surface area contributed by atoms with E-state index in [-0.39, 0.29) is 5.82 Å². The van der Waals surface area contributed by atoms with Crippen molar-refractivity contribution in [1.29, 1.82) is 0 Å². The van der Waals surface area contributed by atoms with Crippen molar-refractivity contribution in [3.63, 3.8) is 0 Å². The van der Waals surface area contributed by atoms with Crippen molar-refractivity contribution in [3.05, 3.63) is 35.9 Å². The highest BCUT2D eigenvalue weighted by molar-refractivity contribution is 5.84. The van der Waals surface area contributed by atoms with Crippen molar-refractivity contribution in [3.8, 4) is 0 Å². The van der Waals surface area contributed by atoms with Gasteiger partial charge in [-0.3, -0.25) is 0 Å². The second-order valence-corrected chi connectivity index (χ2v) is 6.03. The number of benzene rings is 1. The lowest BCUT2D eigenvalue weighted by Gasteiger charge is -2.12. The summed E-state index contributed by atoms with van der Waals surface area (Å²) >= 11 is 0. The highest BCUT2D eigenvalue weighted by atomic mass is 19.1. The molecule has 0 spiro atoms. The molecule has 0 amide bonds. The number of nitrogens with two attached hydrogens (primary N) is 1. The summed E-state index contributed by atoms with van der Waals surface area (Å²) in [5, 5.41) is 15.6. The maximum Gasteiger partial charge on any atom is 0.226 e. The van der Waals surface area contributed by atoms with Crippen molar-refractivity contribution in [2.24, 2.45) is 0 Å². The van der Waals surface area contributed by atoms with Gasteiger partial charge in [0.1, 0.15) is 5.82 Å². The Morgan fingerprint density at radius 1 is 1.31 bits per heavy atom. The number of aliphatic hydroxyl groups is 1. The molecule has 2 aromatic heterocycles. The molecule has 0 saturated carbocycles. The molecule has 1 unspecified atom stereocenters.